The molecule has 1 fully saturated rings. The van der Waals surface area contributed by atoms with Gasteiger partial charge in [-0.2, -0.15) is 4.31 Å². The van der Waals surface area contributed by atoms with Gasteiger partial charge >= 0.3 is 0 Å². The fraction of sp³-hybridized carbons (Fsp3) is 0.333. The quantitative estimate of drug-likeness (QED) is 0.504. The third kappa shape index (κ3) is 5.16. The van der Waals surface area contributed by atoms with Gasteiger partial charge in [0.1, 0.15) is 0 Å². The summed E-state index contributed by atoms with van der Waals surface area (Å²) in [4.78, 5) is 21.3. The van der Waals surface area contributed by atoms with Gasteiger partial charge in [-0.25, -0.2) is 8.42 Å². The van der Waals surface area contributed by atoms with Crippen LogP contribution >= 0.6 is 0 Å². The number of para-hydroxylation sites is 1. The highest BCUT2D eigenvalue weighted by Crippen LogP contribution is 2.25. The molecule has 9 heteroatoms. The summed E-state index contributed by atoms with van der Waals surface area (Å²) in [6, 6.07) is 16.8. The molecule has 33 heavy (non-hydrogen) atoms. The van der Waals surface area contributed by atoms with Crippen LogP contribution in [0.4, 0.5) is 5.69 Å². The number of hydrogen-bond acceptors (Lipinski definition) is 6. The molecule has 0 radical (unpaired) electrons. The molecule has 0 N–H and O–H groups in total. The van der Waals surface area contributed by atoms with Crippen molar-refractivity contribution in [2.24, 2.45) is 0 Å². The van der Waals surface area contributed by atoms with E-state index in [1.807, 2.05) is 24.3 Å². The number of pyridine rings is 1. The minimum Gasteiger partial charge on any atom is -0.383 e. The zero-order valence-corrected chi connectivity index (χ0v) is 19.4. The van der Waals surface area contributed by atoms with Gasteiger partial charge in [-0.3, -0.25) is 9.78 Å². The molecule has 0 atom stereocenters. The zero-order valence-electron chi connectivity index (χ0n) is 18.6. The molecule has 0 spiro atoms. The van der Waals surface area contributed by atoms with E-state index in [4.69, 9.17) is 4.74 Å². The molecule has 2 aromatic carbocycles. The molecule has 1 amide bonds. The summed E-state index contributed by atoms with van der Waals surface area (Å²) in [6.07, 6.45) is 3.20. The standard InChI is InChI=1S/C24H28N4O4S/c1-32-17-16-28(33(30,31)23-9-5-6-20-18-25-11-10-22(20)23)19-24(29)27-14-12-26(13-15-27)21-7-3-2-4-8-21/h2-11,18H,12-17,19H2,1H3. The molecule has 0 aliphatic carbocycles. The number of rotatable bonds is 8. The molecule has 1 aromatic heterocycles. The number of piperazine rings is 1. The summed E-state index contributed by atoms with van der Waals surface area (Å²) in [5, 5.41) is 1.31. The lowest BCUT2D eigenvalue weighted by Crippen LogP contribution is -2.52. The van der Waals surface area contributed by atoms with Gasteiger partial charge < -0.3 is 14.5 Å². The Labute approximate surface area is 194 Å². The monoisotopic (exact) mass is 468 g/mol. The highest BCUT2D eigenvalue weighted by Gasteiger charge is 2.30. The fourth-order valence-electron chi connectivity index (χ4n) is 4.04. The van der Waals surface area contributed by atoms with E-state index in [2.05, 4.69) is 22.0 Å². The Hall–Kier alpha value is -3.01. The molecule has 174 valence electrons. The summed E-state index contributed by atoms with van der Waals surface area (Å²) in [7, 11) is -2.41. The molecule has 8 nitrogen and oxygen atoms in total. The SMILES string of the molecule is COCCN(CC(=O)N1CCN(c2ccccc2)CC1)S(=O)(=O)c1cccc2cnccc12. The van der Waals surface area contributed by atoms with Crippen LogP contribution in [0.2, 0.25) is 0 Å². The lowest BCUT2D eigenvalue weighted by atomic mass is 10.2. The van der Waals surface area contributed by atoms with Crippen LogP contribution in [-0.4, -0.2) is 81.5 Å². The number of anilines is 1. The van der Waals surface area contributed by atoms with E-state index in [9.17, 15) is 13.2 Å². The Bertz CT molecular complexity index is 1190. The average molecular weight is 469 g/mol. The fourth-order valence-corrected chi connectivity index (χ4v) is 5.63. The first-order valence-electron chi connectivity index (χ1n) is 10.9. The van der Waals surface area contributed by atoms with E-state index >= 15 is 0 Å². The highest BCUT2D eigenvalue weighted by atomic mass is 32.2. The minimum atomic E-state index is -3.92. The van der Waals surface area contributed by atoms with Crippen LogP contribution in [0.1, 0.15) is 0 Å². The predicted molar refractivity (Wildman–Crippen MR) is 128 cm³/mol. The second-order valence-electron chi connectivity index (χ2n) is 7.89. The highest BCUT2D eigenvalue weighted by molar-refractivity contribution is 7.89. The largest absolute Gasteiger partial charge is 0.383 e. The van der Waals surface area contributed by atoms with Crippen molar-refractivity contribution in [3.63, 3.8) is 0 Å². The summed E-state index contributed by atoms with van der Waals surface area (Å²) in [6.45, 7) is 2.57. The Morgan fingerprint density at radius 2 is 1.79 bits per heavy atom. The topological polar surface area (TPSA) is 83.0 Å². The van der Waals surface area contributed by atoms with Crippen LogP contribution < -0.4 is 4.90 Å². The van der Waals surface area contributed by atoms with Crippen molar-refractivity contribution in [1.29, 1.82) is 0 Å². The van der Waals surface area contributed by atoms with E-state index in [1.165, 1.54) is 11.4 Å². The first kappa shape index (κ1) is 23.2. The number of sulfonamides is 1. The van der Waals surface area contributed by atoms with Gasteiger partial charge in [0.2, 0.25) is 15.9 Å². The molecule has 4 rings (SSSR count). The maximum absolute atomic E-state index is 13.6. The van der Waals surface area contributed by atoms with E-state index < -0.39 is 10.0 Å². The van der Waals surface area contributed by atoms with Crippen LogP contribution in [-0.2, 0) is 19.6 Å². The molecular formula is C24H28N4O4S. The summed E-state index contributed by atoms with van der Waals surface area (Å²) in [5.41, 5.74) is 1.12. The van der Waals surface area contributed by atoms with E-state index in [0.29, 0.717) is 31.6 Å². The molecule has 2 heterocycles. The van der Waals surface area contributed by atoms with Crippen molar-refractivity contribution in [2.75, 3.05) is 57.9 Å². The second kappa shape index (κ2) is 10.3. The minimum absolute atomic E-state index is 0.0933. The Morgan fingerprint density at radius 1 is 1.03 bits per heavy atom. The van der Waals surface area contributed by atoms with E-state index in [0.717, 1.165) is 11.1 Å². The third-order valence-corrected chi connectivity index (χ3v) is 7.77. The zero-order chi connectivity index (χ0) is 23.3. The number of carbonyl (C=O) groups is 1. The van der Waals surface area contributed by atoms with Gasteiger partial charge in [0.15, 0.2) is 0 Å². The summed E-state index contributed by atoms with van der Waals surface area (Å²) in [5.74, 6) is -0.204. The number of fused-ring (bicyclic) bond motifs is 1. The molecule has 0 bridgehead atoms. The molecule has 0 unspecified atom stereocenters. The van der Waals surface area contributed by atoms with Crippen LogP contribution in [0.5, 0.6) is 0 Å². The third-order valence-electron chi connectivity index (χ3n) is 5.87. The number of nitrogens with zero attached hydrogens (tertiary/aromatic N) is 4. The first-order valence-corrected chi connectivity index (χ1v) is 12.3. The number of benzene rings is 2. The molecule has 1 saturated heterocycles. The van der Waals surface area contributed by atoms with Gasteiger partial charge in [0.05, 0.1) is 18.0 Å². The number of amides is 1. The van der Waals surface area contributed by atoms with Gasteiger partial charge in [0, 0.05) is 68.7 Å². The van der Waals surface area contributed by atoms with Crippen LogP contribution in [0.3, 0.4) is 0 Å². The Kier molecular flexibility index (Phi) is 7.22. The summed E-state index contributed by atoms with van der Waals surface area (Å²) < 4.78 is 33.5. The maximum Gasteiger partial charge on any atom is 0.244 e. The summed E-state index contributed by atoms with van der Waals surface area (Å²) >= 11 is 0. The van der Waals surface area contributed by atoms with Crippen LogP contribution in [0, 0.1) is 0 Å². The molecule has 1 aliphatic rings. The maximum atomic E-state index is 13.6. The average Bonchev–Trinajstić information content (AvgIpc) is 2.86. The van der Waals surface area contributed by atoms with E-state index in [-0.39, 0.29) is 30.5 Å². The van der Waals surface area contributed by atoms with E-state index in [1.54, 1.807) is 35.5 Å². The number of methoxy groups -OCH3 is 1. The van der Waals surface area contributed by atoms with Crippen molar-refractivity contribution in [1.82, 2.24) is 14.2 Å². The Morgan fingerprint density at radius 3 is 2.52 bits per heavy atom. The lowest BCUT2D eigenvalue weighted by Gasteiger charge is -2.37. The number of aromatic nitrogens is 1. The normalized spacial score (nSPS) is 14.7. The van der Waals surface area contributed by atoms with Crippen molar-refractivity contribution >= 4 is 32.4 Å². The molecule has 0 saturated carbocycles. The van der Waals surface area contributed by atoms with Crippen molar-refractivity contribution in [3.8, 4) is 0 Å². The lowest BCUT2D eigenvalue weighted by molar-refractivity contribution is -0.131. The van der Waals surface area contributed by atoms with Crippen molar-refractivity contribution in [3.05, 3.63) is 67.0 Å². The molecular weight excluding hydrogens is 440 g/mol. The van der Waals surface area contributed by atoms with Gasteiger partial charge in [0.25, 0.3) is 0 Å². The van der Waals surface area contributed by atoms with Gasteiger partial charge in [-0.15, -0.1) is 0 Å². The van der Waals surface area contributed by atoms with Gasteiger partial charge in [-0.05, 0) is 24.3 Å². The Balaban J connectivity index is 1.50. The first-order chi connectivity index (χ1) is 16.0. The van der Waals surface area contributed by atoms with Crippen LogP contribution in [0.25, 0.3) is 10.8 Å². The smallest absolute Gasteiger partial charge is 0.244 e. The van der Waals surface area contributed by atoms with Gasteiger partial charge in [-0.1, -0.05) is 30.3 Å². The van der Waals surface area contributed by atoms with Crippen molar-refractivity contribution < 1.29 is 17.9 Å². The van der Waals surface area contributed by atoms with Crippen molar-refractivity contribution in [2.45, 2.75) is 4.90 Å². The predicted octanol–water partition coefficient (Wildman–Crippen LogP) is 2.22. The second-order valence-corrected chi connectivity index (χ2v) is 9.79. The number of hydrogen-bond donors (Lipinski definition) is 0. The number of carbonyl (C=O) groups excluding carboxylic acids is 1. The number of ether oxygens (including phenoxy) is 1. The molecule has 1 aliphatic heterocycles. The van der Waals surface area contributed by atoms with Crippen LogP contribution in [0.15, 0.2) is 71.9 Å². The molecule has 3 aromatic rings.